The minimum Gasteiger partial charge on any atom is -0.449 e. The number of nitrogens with one attached hydrogen (secondary N) is 2. The molecule has 0 fully saturated rings. The average Bonchev–Trinajstić information content (AvgIpc) is 3.19. The highest BCUT2D eigenvalue weighted by atomic mass is 16.5. The fourth-order valence-corrected chi connectivity index (χ4v) is 3.21. The molecule has 1 amide bonds. The van der Waals surface area contributed by atoms with Crippen LogP contribution in [-0.4, -0.2) is 23.0 Å². The first-order valence-corrected chi connectivity index (χ1v) is 9.36. The molecule has 0 saturated carbocycles. The van der Waals surface area contributed by atoms with Crippen molar-refractivity contribution in [1.29, 1.82) is 0 Å². The van der Waals surface area contributed by atoms with Gasteiger partial charge >= 0.3 is 5.97 Å². The SMILES string of the molecule is C[C@@H](OC(=O)c1c[nH]c2ccccc12)C(=O)Nc1ccccc1-c1ccccc1. The van der Waals surface area contributed by atoms with E-state index in [2.05, 4.69) is 10.3 Å². The standard InChI is InChI=1S/C24H20N2O3/c1-16(29-24(28)20-15-25-21-13-7-6-12-19(20)21)23(27)26-22-14-8-5-11-18(22)17-9-3-2-4-10-17/h2-16,25H,1H3,(H,26,27)/t16-/m1/s1. The van der Waals surface area contributed by atoms with Crippen LogP contribution in [0.1, 0.15) is 17.3 Å². The van der Waals surface area contributed by atoms with Crippen molar-refractivity contribution in [2.24, 2.45) is 0 Å². The molecule has 0 spiro atoms. The Hall–Kier alpha value is -3.86. The number of carbonyl (C=O) groups is 2. The van der Waals surface area contributed by atoms with E-state index in [0.29, 0.717) is 11.3 Å². The van der Waals surface area contributed by atoms with E-state index >= 15 is 0 Å². The predicted octanol–water partition coefficient (Wildman–Crippen LogP) is 5.02. The summed E-state index contributed by atoms with van der Waals surface area (Å²) in [5, 5.41) is 3.64. The van der Waals surface area contributed by atoms with Gasteiger partial charge in [0, 0.05) is 28.4 Å². The van der Waals surface area contributed by atoms with Crippen LogP contribution >= 0.6 is 0 Å². The molecular weight excluding hydrogens is 364 g/mol. The second-order valence-corrected chi connectivity index (χ2v) is 6.70. The molecule has 3 aromatic carbocycles. The summed E-state index contributed by atoms with van der Waals surface area (Å²) in [5.41, 5.74) is 3.81. The van der Waals surface area contributed by atoms with Crippen LogP contribution in [0.4, 0.5) is 5.69 Å². The number of rotatable bonds is 5. The Balaban J connectivity index is 1.49. The van der Waals surface area contributed by atoms with Crippen molar-refractivity contribution in [3.05, 3.63) is 90.6 Å². The molecule has 4 rings (SSSR count). The van der Waals surface area contributed by atoms with Gasteiger partial charge in [-0.2, -0.15) is 0 Å². The van der Waals surface area contributed by atoms with Crippen LogP contribution in [0.15, 0.2) is 85.1 Å². The molecule has 1 atom stereocenters. The number of hydrogen-bond acceptors (Lipinski definition) is 3. The minimum atomic E-state index is -0.944. The van der Waals surface area contributed by atoms with Crippen molar-refractivity contribution < 1.29 is 14.3 Å². The second kappa shape index (κ2) is 8.02. The van der Waals surface area contributed by atoms with Crippen molar-refractivity contribution >= 4 is 28.5 Å². The van der Waals surface area contributed by atoms with Crippen molar-refractivity contribution in [2.75, 3.05) is 5.32 Å². The van der Waals surface area contributed by atoms with Crippen LogP contribution in [0.3, 0.4) is 0 Å². The third kappa shape index (κ3) is 3.89. The quantitative estimate of drug-likeness (QED) is 0.475. The van der Waals surface area contributed by atoms with Gasteiger partial charge in [-0.1, -0.05) is 66.7 Å². The van der Waals surface area contributed by atoms with E-state index in [9.17, 15) is 9.59 Å². The molecule has 0 aliphatic rings. The van der Waals surface area contributed by atoms with Gasteiger partial charge in [0.1, 0.15) is 0 Å². The van der Waals surface area contributed by atoms with E-state index in [-0.39, 0.29) is 5.91 Å². The zero-order valence-corrected chi connectivity index (χ0v) is 15.9. The van der Waals surface area contributed by atoms with E-state index < -0.39 is 12.1 Å². The van der Waals surface area contributed by atoms with Crippen LogP contribution < -0.4 is 5.32 Å². The zero-order valence-electron chi connectivity index (χ0n) is 15.9. The van der Waals surface area contributed by atoms with Crippen molar-refractivity contribution in [3.8, 4) is 11.1 Å². The molecule has 1 aromatic heterocycles. The minimum absolute atomic E-state index is 0.387. The number of hydrogen-bond donors (Lipinski definition) is 2. The first-order chi connectivity index (χ1) is 14.1. The van der Waals surface area contributed by atoms with Gasteiger partial charge in [0.25, 0.3) is 5.91 Å². The molecule has 29 heavy (non-hydrogen) atoms. The summed E-state index contributed by atoms with van der Waals surface area (Å²) in [6.07, 6.45) is 0.655. The Kier molecular flexibility index (Phi) is 5.12. The number of H-pyrrole nitrogens is 1. The van der Waals surface area contributed by atoms with Crippen molar-refractivity contribution in [2.45, 2.75) is 13.0 Å². The molecule has 0 unspecified atom stereocenters. The monoisotopic (exact) mass is 384 g/mol. The van der Waals surface area contributed by atoms with Gasteiger partial charge in [0.2, 0.25) is 0 Å². The van der Waals surface area contributed by atoms with E-state index in [1.807, 2.05) is 78.9 Å². The molecule has 4 aromatic rings. The highest BCUT2D eigenvalue weighted by Gasteiger charge is 2.21. The molecule has 0 saturated heterocycles. The van der Waals surface area contributed by atoms with E-state index in [4.69, 9.17) is 4.74 Å². The molecule has 0 bridgehead atoms. The highest BCUT2D eigenvalue weighted by Crippen LogP contribution is 2.28. The lowest BCUT2D eigenvalue weighted by atomic mass is 10.0. The lowest BCUT2D eigenvalue weighted by Gasteiger charge is -2.15. The maximum absolute atomic E-state index is 12.7. The number of anilines is 1. The number of esters is 1. The molecule has 144 valence electrons. The van der Waals surface area contributed by atoms with E-state index in [1.54, 1.807) is 13.1 Å². The number of aromatic amines is 1. The molecule has 0 aliphatic carbocycles. The molecule has 2 N–H and O–H groups in total. The Labute approximate surface area is 168 Å². The van der Waals surface area contributed by atoms with Gasteiger partial charge in [0.05, 0.1) is 5.56 Å². The van der Waals surface area contributed by atoms with Gasteiger partial charge < -0.3 is 15.0 Å². The number of fused-ring (bicyclic) bond motifs is 1. The smallest absolute Gasteiger partial charge is 0.341 e. The molecule has 0 aliphatic heterocycles. The topological polar surface area (TPSA) is 71.2 Å². The van der Waals surface area contributed by atoms with Gasteiger partial charge in [0.15, 0.2) is 6.10 Å². The molecule has 5 heteroatoms. The summed E-state index contributed by atoms with van der Waals surface area (Å²) in [6, 6.07) is 24.8. The van der Waals surface area contributed by atoms with Crippen LogP contribution in [-0.2, 0) is 9.53 Å². The number of ether oxygens (including phenoxy) is 1. The average molecular weight is 384 g/mol. The first kappa shape index (κ1) is 18.5. The summed E-state index contributed by atoms with van der Waals surface area (Å²) in [6.45, 7) is 1.56. The predicted molar refractivity (Wildman–Crippen MR) is 114 cm³/mol. The molecule has 1 heterocycles. The van der Waals surface area contributed by atoms with Gasteiger partial charge in [-0.05, 0) is 24.6 Å². The number of para-hydroxylation sites is 2. The number of amides is 1. The summed E-state index contributed by atoms with van der Waals surface area (Å²) in [7, 11) is 0. The highest BCUT2D eigenvalue weighted by molar-refractivity contribution is 6.05. The lowest BCUT2D eigenvalue weighted by Crippen LogP contribution is -2.30. The Bertz CT molecular complexity index is 1160. The lowest BCUT2D eigenvalue weighted by molar-refractivity contribution is -0.123. The number of benzene rings is 3. The first-order valence-electron chi connectivity index (χ1n) is 9.36. The third-order valence-corrected chi connectivity index (χ3v) is 4.73. The van der Waals surface area contributed by atoms with Crippen LogP contribution in [0.2, 0.25) is 0 Å². The molecular formula is C24H20N2O3. The fraction of sp³-hybridized carbons (Fsp3) is 0.0833. The Morgan fingerprint density at radius 3 is 2.41 bits per heavy atom. The number of aromatic nitrogens is 1. The second-order valence-electron chi connectivity index (χ2n) is 6.70. The fourth-order valence-electron chi connectivity index (χ4n) is 3.21. The maximum atomic E-state index is 12.7. The Morgan fingerprint density at radius 2 is 1.59 bits per heavy atom. The maximum Gasteiger partial charge on any atom is 0.341 e. The normalized spacial score (nSPS) is 11.8. The van der Waals surface area contributed by atoms with Crippen LogP contribution in [0.25, 0.3) is 22.0 Å². The van der Waals surface area contributed by atoms with Crippen molar-refractivity contribution in [1.82, 2.24) is 4.98 Å². The van der Waals surface area contributed by atoms with Gasteiger partial charge in [-0.25, -0.2) is 4.79 Å². The summed E-state index contributed by atoms with van der Waals surface area (Å²) in [4.78, 5) is 28.3. The largest absolute Gasteiger partial charge is 0.449 e. The van der Waals surface area contributed by atoms with Crippen molar-refractivity contribution in [3.63, 3.8) is 0 Å². The van der Waals surface area contributed by atoms with Crippen LogP contribution in [0, 0.1) is 0 Å². The summed E-state index contributed by atoms with van der Waals surface area (Å²) in [5.74, 6) is -0.928. The number of carbonyl (C=O) groups excluding carboxylic acids is 2. The molecule has 0 radical (unpaired) electrons. The molecule has 5 nitrogen and oxygen atoms in total. The zero-order chi connectivity index (χ0) is 20.2. The summed E-state index contributed by atoms with van der Waals surface area (Å²) >= 11 is 0. The van der Waals surface area contributed by atoms with Gasteiger partial charge in [-0.15, -0.1) is 0 Å². The van der Waals surface area contributed by atoms with Gasteiger partial charge in [-0.3, -0.25) is 4.79 Å². The van der Waals surface area contributed by atoms with Crippen LogP contribution in [0.5, 0.6) is 0 Å². The van der Waals surface area contributed by atoms with E-state index in [1.165, 1.54) is 0 Å². The van der Waals surface area contributed by atoms with E-state index in [0.717, 1.165) is 22.0 Å². The summed E-state index contributed by atoms with van der Waals surface area (Å²) < 4.78 is 5.41. The third-order valence-electron chi connectivity index (χ3n) is 4.73. The Morgan fingerprint density at radius 1 is 0.897 bits per heavy atom.